The molecule has 0 amide bonds. The van der Waals surface area contributed by atoms with Crippen LogP contribution in [-0.4, -0.2) is 27.9 Å². The molecule has 1 atom stereocenters. The third-order valence-electron chi connectivity index (χ3n) is 2.30. The summed E-state index contributed by atoms with van der Waals surface area (Å²) in [6, 6.07) is 5.75. The molecule has 80 valence electrons. The van der Waals surface area contributed by atoms with Gasteiger partial charge < -0.3 is 9.84 Å². The fourth-order valence-electron chi connectivity index (χ4n) is 1.53. The van der Waals surface area contributed by atoms with Crippen LogP contribution in [-0.2, 0) is 4.74 Å². The van der Waals surface area contributed by atoms with E-state index in [1.807, 2.05) is 31.3 Å². The maximum Gasteiger partial charge on any atom is 0.106 e. The summed E-state index contributed by atoms with van der Waals surface area (Å²) >= 11 is 0. The molecular formula is C11H14N2O2. The molecular weight excluding hydrogens is 192 g/mol. The third-order valence-corrected chi connectivity index (χ3v) is 2.30. The predicted octanol–water partition coefficient (Wildman–Crippen LogP) is 1.40. The van der Waals surface area contributed by atoms with Crippen LogP contribution in [0.15, 0.2) is 30.6 Å². The molecule has 15 heavy (non-hydrogen) atoms. The van der Waals surface area contributed by atoms with Gasteiger partial charge in [-0.05, 0) is 19.1 Å². The van der Waals surface area contributed by atoms with Crippen molar-refractivity contribution in [3.63, 3.8) is 0 Å². The van der Waals surface area contributed by atoms with Crippen LogP contribution in [0.5, 0.6) is 0 Å². The first-order valence-corrected chi connectivity index (χ1v) is 5.01. The Morgan fingerprint density at radius 3 is 3.20 bits per heavy atom. The smallest absolute Gasteiger partial charge is 0.106 e. The van der Waals surface area contributed by atoms with Crippen LogP contribution in [0, 0.1) is 0 Å². The Bertz CT molecular complexity index is 439. The molecule has 0 bridgehead atoms. The average molecular weight is 206 g/mol. The summed E-state index contributed by atoms with van der Waals surface area (Å²) in [6.07, 6.45) is 2.93. The van der Waals surface area contributed by atoms with Gasteiger partial charge in [0.2, 0.25) is 0 Å². The van der Waals surface area contributed by atoms with Gasteiger partial charge in [-0.3, -0.25) is 0 Å². The van der Waals surface area contributed by atoms with Gasteiger partial charge in [-0.15, -0.1) is 0 Å². The number of pyridine rings is 1. The number of aliphatic hydroxyl groups excluding tert-OH is 1. The minimum atomic E-state index is -0.607. The minimum Gasteiger partial charge on any atom is -0.386 e. The number of ether oxygens (including phenoxy) is 1. The number of aromatic nitrogens is 2. The van der Waals surface area contributed by atoms with Gasteiger partial charge in [0, 0.05) is 18.4 Å². The van der Waals surface area contributed by atoms with E-state index in [0.717, 1.165) is 11.1 Å². The van der Waals surface area contributed by atoms with Gasteiger partial charge in [-0.2, -0.15) is 5.10 Å². The second-order valence-corrected chi connectivity index (χ2v) is 3.31. The average Bonchev–Trinajstić information content (AvgIpc) is 2.69. The van der Waals surface area contributed by atoms with Crippen molar-refractivity contribution >= 4 is 5.52 Å². The Balaban J connectivity index is 2.27. The lowest BCUT2D eigenvalue weighted by Gasteiger charge is -2.08. The molecule has 2 aromatic rings. The van der Waals surface area contributed by atoms with Crippen LogP contribution < -0.4 is 0 Å². The van der Waals surface area contributed by atoms with Gasteiger partial charge in [0.25, 0.3) is 0 Å². The van der Waals surface area contributed by atoms with Crippen molar-refractivity contribution in [2.75, 3.05) is 13.2 Å². The number of aliphatic hydroxyl groups is 1. The molecule has 0 saturated carbocycles. The van der Waals surface area contributed by atoms with Crippen LogP contribution in [0.4, 0.5) is 0 Å². The number of hydrogen-bond acceptors (Lipinski definition) is 3. The molecule has 2 aromatic heterocycles. The molecule has 0 aromatic carbocycles. The van der Waals surface area contributed by atoms with Crippen molar-refractivity contribution in [3.8, 4) is 0 Å². The lowest BCUT2D eigenvalue weighted by atomic mass is 10.1. The Labute approximate surface area is 88.1 Å². The van der Waals surface area contributed by atoms with Crippen LogP contribution >= 0.6 is 0 Å². The molecule has 0 aliphatic rings. The molecule has 4 nitrogen and oxygen atoms in total. The van der Waals surface area contributed by atoms with Crippen LogP contribution in [0.2, 0.25) is 0 Å². The summed E-state index contributed by atoms with van der Waals surface area (Å²) in [4.78, 5) is 0. The van der Waals surface area contributed by atoms with Gasteiger partial charge in [-0.25, -0.2) is 4.52 Å². The number of nitrogens with zero attached hydrogens (tertiary/aromatic N) is 2. The fraction of sp³-hybridized carbons (Fsp3) is 0.364. The maximum absolute atomic E-state index is 9.86. The Kier molecular flexibility index (Phi) is 2.99. The normalized spacial score (nSPS) is 13.2. The predicted molar refractivity (Wildman–Crippen MR) is 56.6 cm³/mol. The topological polar surface area (TPSA) is 46.8 Å². The first-order chi connectivity index (χ1) is 7.33. The summed E-state index contributed by atoms with van der Waals surface area (Å²) < 4.78 is 6.92. The van der Waals surface area contributed by atoms with Crippen molar-refractivity contribution in [3.05, 3.63) is 36.2 Å². The maximum atomic E-state index is 9.86. The van der Waals surface area contributed by atoms with E-state index >= 15 is 0 Å². The van der Waals surface area contributed by atoms with Crippen LogP contribution in [0.3, 0.4) is 0 Å². The van der Waals surface area contributed by atoms with E-state index in [1.54, 1.807) is 10.7 Å². The summed E-state index contributed by atoms with van der Waals surface area (Å²) in [5, 5.41) is 14.0. The SMILES string of the molecule is CCOCC(O)c1cnn2ccccc12. The first kappa shape index (κ1) is 10.1. The molecule has 0 aliphatic heterocycles. The van der Waals surface area contributed by atoms with Crippen molar-refractivity contribution in [2.24, 2.45) is 0 Å². The molecule has 4 heteroatoms. The zero-order valence-electron chi connectivity index (χ0n) is 8.63. The monoisotopic (exact) mass is 206 g/mol. The second-order valence-electron chi connectivity index (χ2n) is 3.31. The van der Waals surface area contributed by atoms with Gasteiger partial charge in [0.05, 0.1) is 18.3 Å². The molecule has 0 spiro atoms. The zero-order chi connectivity index (χ0) is 10.7. The highest BCUT2D eigenvalue weighted by molar-refractivity contribution is 5.54. The van der Waals surface area contributed by atoms with E-state index in [2.05, 4.69) is 5.10 Å². The quantitative estimate of drug-likeness (QED) is 0.822. The molecule has 2 rings (SSSR count). The lowest BCUT2D eigenvalue weighted by molar-refractivity contribution is 0.0427. The van der Waals surface area contributed by atoms with E-state index < -0.39 is 6.10 Å². The van der Waals surface area contributed by atoms with Gasteiger partial charge in [0.15, 0.2) is 0 Å². The summed E-state index contributed by atoms with van der Waals surface area (Å²) in [7, 11) is 0. The number of rotatable bonds is 4. The highest BCUT2D eigenvalue weighted by Gasteiger charge is 2.12. The van der Waals surface area contributed by atoms with Crippen molar-refractivity contribution < 1.29 is 9.84 Å². The third kappa shape index (κ3) is 2.00. The molecule has 2 heterocycles. The van der Waals surface area contributed by atoms with Gasteiger partial charge in [0.1, 0.15) is 6.10 Å². The molecule has 0 aliphatic carbocycles. The van der Waals surface area contributed by atoms with Crippen molar-refractivity contribution in [1.82, 2.24) is 9.61 Å². The number of fused-ring (bicyclic) bond motifs is 1. The molecule has 1 N–H and O–H groups in total. The Hall–Kier alpha value is -1.39. The summed E-state index contributed by atoms with van der Waals surface area (Å²) in [6.45, 7) is 2.83. The van der Waals surface area contributed by atoms with Gasteiger partial charge >= 0.3 is 0 Å². The van der Waals surface area contributed by atoms with E-state index in [-0.39, 0.29) is 0 Å². The van der Waals surface area contributed by atoms with Crippen LogP contribution in [0.25, 0.3) is 5.52 Å². The van der Waals surface area contributed by atoms with Crippen molar-refractivity contribution in [1.29, 1.82) is 0 Å². The second kappa shape index (κ2) is 4.42. The van der Waals surface area contributed by atoms with E-state index in [9.17, 15) is 5.11 Å². The highest BCUT2D eigenvalue weighted by atomic mass is 16.5. The fourth-order valence-corrected chi connectivity index (χ4v) is 1.53. The zero-order valence-corrected chi connectivity index (χ0v) is 8.63. The molecule has 1 unspecified atom stereocenters. The van der Waals surface area contributed by atoms with E-state index in [1.165, 1.54) is 0 Å². The standard InChI is InChI=1S/C11H14N2O2/c1-2-15-8-11(14)9-7-12-13-6-4-3-5-10(9)13/h3-7,11,14H,2,8H2,1H3. The molecule has 0 saturated heterocycles. The number of hydrogen-bond donors (Lipinski definition) is 1. The first-order valence-electron chi connectivity index (χ1n) is 5.01. The van der Waals surface area contributed by atoms with Crippen molar-refractivity contribution in [2.45, 2.75) is 13.0 Å². The highest BCUT2D eigenvalue weighted by Crippen LogP contribution is 2.18. The minimum absolute atomic E-state index is 0.312. The lowest BCUT2D eigenvalue weighted by Crippen LogP contribution is -2.06. The largest absolute Gasteiger partial charge is 0.386 e. The van der Waals surface area contributed by atoms with E-state index in [4.69, 9.17) is 4.74 Å². The molecule has 0 radical (unpaired) electrons. The van der Waals surface area contributed by atoms with Gasteiger partial charge in [-0.1, -0.05) is 6.07 Å². The van der Waals surface area contributed by atoms with E-state index in [0.29, 0.717) is 13.2 Å². The van der Waals surface area contributed by atoms with Crippen LogP contribution in [0.1, 0.15) is 18.6 Å². The molecule has 0 fully saturated rings. The Morgan fingerprint density at radius 2 is 2.40 bits per heavy atom. The summed E-state index contributed by atoms with van der Waals surface area (Å²) in [5.41, 5.74) is 1.73. The summed E-state index contributed by atoms with van der Waals surface area (Å²) in [5.74, 6) is 0. The Morgan fingerprint density at radius 1 is 1.53 bits per heavy atom.